The van der Waals surface area contributed by atoms with E-state index < -0.39 is 28.2 Å². The van der Waals surface area contributed by atoms with E-state index in [1.54, 1.807) is 6.92 Å². The maximum absolute atomic E-state index is 12.6. The zero-order valence-corrected chi connectivity index (χ0v) is 12.4. The molecule has 1 saturated heterocycles. The second kappa shape index (κ2) is 5.01. The fourth-order valence-corrected chi connectivity index (χ4v) is 4.36. The minimum Gasteiger partial charge on any atom is -0.337 e. The van der Waals surface area contributed by atoms with Crippen LogP contribution in [0.4, 0.5) is 8.78 Å². The summed E-state index contributed by atoms with van der Waals surface area (Å²) in [4.78, 5) is 18.5. The van der Waals surface area contributed by atoms with Gasteiger partial charge in [-0.2, -0.15) is 0 Å². The average molecular weight is 329 g/mol. The van der Waals surface area contributed by atoms with Gasteiger partial charge in [0, 0.05) is 12.1 Å². The van der Waals surface area contributed by atoms with Crippen LogP contribution in [0.25, 0.3) is 11.0 Å². The highest BCUT2D eigenvalue weighted by molar-refractivity contribution is 7.89. The molecule has 0 saturated carbocycles. The maximum atomic E-state index is 12.6. The number of alkyl halides is 2. The van der Waals surface area contributed by atoms with Gasteiger partial charge in [-0.3, -0.25) is 4.79 Å². The van der Waals surface area contributed by atoms with Crippen LogP contribution in [0.3, 0.4) is 0 Å². The van der Waals surface area contributed by atoms with Crippen molar-refractivity contribution in [1.29, 1.82) is 0 Å². The number of halogens is 2. The summed E-state index contributed by atoms with van der Waals surface area (Å²) in [5.74, 6) is -1.34. The van der Waals surface area contributed by atoms with Gasteiger partial charge in [-0.15, -0.1) is 0 Å². The lowest BCUT2D eigenvalue weighted by atomic mass is 10.1. The molecule has 22 heavy (non-hydrogen) atoms. The molecule has 0 bridgehead atoms. The number of aromatic nitrogens is 2. The van der Waals surface area contributed by atoms with E-state index in [1.165, 1.54) is 18.2 Å². The first-order valence-corrected chi connectivity index (χ1v) is 8.21. The Kier molecular flexibility index (Phi) is 3.39. The molecule has 1 aliphatic heterocycles. The third-order valence-corrected chi connectivity index (χ3v) is 5.47. The summed E-state index contributed by atoms with van der Waals surface area (Å²) >= 11 is 0. The highest BCUT2D eigenvalue weighted by Gasteiger charge is 2.37. The average Bonchev–Trinajstić information content (AvgIpc) is 2.97. The van der Waals surface area contributed by atoms with Crippen LogP contribution in [0.5, 0.6) is 0 Å². The van der Waals surface area contributed by atoms with Crippen LogP contribution in [-0.2, 0) is 10.0 Å². The number of carbonyl (C=O) groups is 1. The van der Waals surface area contributed by atoms with Crippen LogP contribution in [0.2, 0.25) is 0 Å². The Hall–Kier alpha value is -2.03. The van der Waals surface area contributed by atoms with Crippen LogP contribution in [-0.4, -0.2) is 40.9 Å². The van der Waals surface area contributed by atoms with Gasteiger partial charge in [-0.25, -0.2) is 26.5 Å². The second-order valence-electron chi connectivity index (χ2n) is 5.37. The monoisotopic (exact) mass is 329 g/mol. The largest absolute Gasteiger partial charge is 0.337 e. The quantitative estimate of drug-likeness (QED) is 0.912. The summed E-state index contributed by atoms with van der Waals surface area (Å²) in [7, 11) is -3.61. The third kappa shape index (κ3) is 2.45. The Balaban J connectivity index is 1.98. The molecule has 1 N–H and O–H groups in total. The summed E-state index contributed by atoms with van der Waals surface area (Å²) < 4.78 is 49.9. The number of H-pyrrole nitrogens is 1. The van der Waals surface area contributed by atoms with Crippen molar-refractivity contribution in [1.82, 2.24) is 14.3 Å². The second-order valence-corrected chi connectivity index (χ2v) is 7.31. The number of carbonyl (C=O) groups excluding carboxylic acids is 1. The number of rotatable bonds is 2. The highest BCUT2D eigenvalue weighted by atomic mass is 32.2. The number of nitrogens with one attached hydrogen (secondary N) is 1. The van der Waals surface area contributed by atoms with Crippen molar-refractivity contribution in [3.05, 3.63) is 29.6 Å². The SMILES string of the molecule is CC1CN(C(=O)c2ccc3nc(C(F)F)[nH]c3c2)S(=O)(=O)C1. The van der Waals surface area contributed by atoms with Crippen molar-refractivity contribution in [2.75, 3.05) is 12.3 Å². The first-order chi connectivity index (χ1) is 10.3. The van der Waals surface area contributed by atoms with Crippen molar-refractivity contribution >= 4 is 27.0 Å². The smallest absolute Gasteiger partial charge is 0.295 e. The Bertz CT molecular complexity index is 847. The van der Waals surface area contributed by atoms with Crippen LogP contribution < -0.4 is 0 Å². The molecular weight excluding hydrogens is 316 g/mol. The van der Waals surface area contributed by atoms with Gasteiger partial charge in [0.2, 0.25) is 10.0 Å². The molecular formula is C13H13F2N3O3S. The first kappa shape index (κ1) is 14.9. The van der Waals surface area contributed by atoms with E-state index >= 15 is 0 Å². The van der Waals surface area contributed by atoms with Crippen molar-refractivity contribution in [3.63, 3.8) is 0 Å². The Morgan fingerprint density at radius 3 is 2.77 bits per heavy atom. The van der Waals surface area contributed by atoms with Gasteiger partial charge in [0.15, 0.2) is 5.82 Å². The highest BCUT2D eigenvalue weighted by Crippen LogP contribution is 2.24. The van der Waals surface area contributed by atoms with E-state index in [2.05, 4.69) is 9.97 Å². The number of fused-ring (bicyclic) bond motifs is 1. The van der Waals surface area contributed by atoms with Crippen molar-refractivity contribution in [3.8, 4) is 0 Å². The molecule has 9 heteroatoms. The van der Waals surface area contributed by atoms with E-state index in [4.69, 9.17) is 0 Å². The predicted octanol–water partition coefficient (Wildman–Crippen LogP) is 1.92. The number of imidazole rings is 1. The van der Waals surface area contributed by atoms with Gasteiger partial charge in [-0.05, 0) is 24.1 Å². The third-order valence-electron chi connectivity index (χ3n) is 3.49. The number of nitrogens with zero attached hydrogens (tertiary/aromatic N) is 2. The molecule has 118 valence electrons. The fourth-order valence-electron chi connectivity index (χ4n) is 2.52. The number of hydrogen-bond donors (Lipinski definition) is 1. The number of amides is 1. The summed E-state index contributed by atoms with van der Waals surface area (Å²) in [5.41, 5.74) is 0.685. The topological polar surface area (TPSA) is 83.1 Å². The number of sulfonamides is 1. The molecule has 6 nitrogen and oxygen atoms in total. The van der Waals surface area contributed by atoms with Crippen molar-refractivity contribution in [2.24, 2.45) is 5.92 Å². The normalized spacial score (nSPS) is 20.9. The van der Waals surface area contributed by atoms with Gasteiger partial charge in [0.1, 0.15) is 0 Å². The molecule has 1 aliphatic rings. The summed E-state index contributed by atoms with van der Waals surface area (Å²) in [6.07, 6.45) is -2.74. The van der Waals surface area contributed by atoms with Crippen LogP contribution >= 0.6 is 0 Å². The van der Waals surface area contributed by atoms with Gasteiger partial charge < -0.3 is 4.98 Å². The lowest BCUT2D eigenvalue weighted by Gasteiger charge is -2.14. The number of hydrogen-bond acceptors (Lipinski definition) is 4. The molecule has 2 aromatic rings. The van der Waals surface area contributed by atoms with E-state index in [9.17, 15) is 22.0 Å². The molecule has 0 radical (unpaired) electrons. The van der Waals surface area contributed by atoms with E-state index in [0.29, 0.717) is 5.52 Å². The molecule has 1 aromatic carbocycles. The molecule has 2 heterocycles. The fraction of sp³-hybridized carbons (Fsp3) is 0.385. The minimum absolute atomic E-state index is 0.0689. The van der Waals surface area contributed by atoms with Gasteiger partial charge in [0.25, 0.3) is 12.3 Å². The molecule has 3 rings (SSSR count). The van der Waals surface area contributed by atoms with Crippen molar-refractivity contribution < 1.29 is 22.0 Å². The predicted molar refractivity (Wildman–Crippen MR) is 75.0 cm³/mol. The Morgan fingerprint density at radius 2 is 2.18 bits per heavy atom. The van der Waals surface area contributed by atoms with E-state index in [1.807, 2.05) is 0 Å². The van der Waals surface area contributed by atoms with Gasteiger partial charge in [-0.1, -0.05) is 6.92 Å². The summed E-state index contributed by atoms with van der Waals surface area (Å²) in [5, 5.41) is 0. The minimum atomic E-state index is -3.61. The molecule has 0 spiro atoms. The summed E-state index contributed by atoms with van der Waals surface area (Å²) in [6.45, 7) is 1.88. The van der Waals surface area contributed by atoms with Crippen molar-refractivity contribution in [2.45, 2.75) is 13.3 Å². The van der Waals surface area contributed by atoms with Gasteiger partial charge in [0.05, 0.1) is 16.8 Å². The maximum Gasteiger partial charge on any atom is 0.295 e. The molecule has 1 unspecified atom stereocenters. The van der Waals surface area contributed by atoms with Gasteiger partial charge >= 0.3 is 0 Å². The zero-order valence-electron chi connectivity index (χ0n) is 11.6. The van der Waals surface area contributed by atoms with E-state index in [-0.39, 0.29) is 29.3 Å². The van der Waals surface area contributed by atoms with Crippen LogP contribution in [0.15, 0.2) is 18.2 Å². The first-order valence-electron chi connectivity index (χ1n) is 6.60. The lowest BCUT2D eigenvalue weighted by molar-refractivity contribution is 0.0863. The lowest BCUT2D eigenvalue weighted by Crippen LogP contribution is -2.32. The van der Waals surface area contributed by atoms with Crippen LogP contribution in [0.1, 0.15) is 29.5 Å². The summed E-state index contributed by atoms with van der Waals surface area (Å²) in [6, 6.07) is 4.14. The Morgan fingerprint density at radius 1 is 1.45 bits per heavy atom. The molecule has 1 amide bonds. The standard InChI is InChI=1S/C13H13F2N3O3S/c1-7-5-18(22(20,21)6-7)13(19)8-2-3-9-10(4-8)17-12(16-9)11(14)15/h2-4,7,11H,5-6H2,1H3,(H,16,17). The zero-order chi connectivity index (χ0) is 16.1. The molecule has 1 fully saturated rings. The number of aromatic amines is 1. The van der Waals surface area contributed by atoms with Crippen LogP contribution in [0, 0.1) is 5.92 Å². The molecule has 0 aliphatic carbocycles. The Labute approximate surface area is 125 Å². The van der Waals surface area contributed by atoms with E-state index in [0.717, 1.165) is 4.31 Å². The molecule has 1 aromatic heterocycles. The molecule has 1 atom stereocenters. The number of benzene rings is 1.